The average molecular weight is 1530 g/mol. The van der Waals surface area contributed by atoms with Gasteiger partial charge in [-0.15, -0.1) is 0 Å². The van der Waals surface area contributed by atoms with Crippen molar-refractivity contribution in [1.82, 2.24) is 61.3 Å². The lowest BCUT2D eigenvalue weighted by molar-refractivity contribution is -0.163. The number of esters is 2. The molecule has 0 bridgehead atoms. The minimum atomic E-state index is -1.63. The zero-order chi connectivity index (χ0) is 80.5. The summed E-state index contributed by atoms with van der Waals surface area (Å²) in [6, 6.07) is -3.52. The molecule has 6 saturated heterocycles. The van der Waals surface area contributed by atoms with Gasteiger partial charge in [-0.25, -0.2) is 36.7 Å². The highest BCUT2D eigenvalue weighted by Gasteiger charge is 2.49. The Labute approximate surface area is 629 Å². The molecule has 9 rings (SSSR count). The molecule has 6 aliphatic rings. The summed E-state index contributed by atoms with van der Waals surface area (Å²) in [6.07, 6.45) is -2.89. The van der Waals surface area contributed by atoms with E-state index < -0.39 is 210 Å². The molecule has 3 aromatic carbocycles. The fourth-order valence-corrected chi connectivity index (χ4v) is 14.1. The van der Waals surface area contributed by atoms with Gasteiger partial charge in [0, 0.05) is 70.9 Å². The van der Waals surface area contributed by atoms with Gasteiger partial charge in [-0.1, -0.05) is 31.5 Å². The van der Waals surface area contributed by atoms with Crippen LogP contribution in [0.2, 0.25) is 0 Å². The number of carbonyl (C=O) groups is 14. The maximum Gasteiger partial charge on any atom is 0.408 e. The van der Waals surface area contributed by atoms with Crippen LogP contribution in [0, 0.1) is 42.0 Å². The Morgan fingerprint density at radius 3 is 1.28 bits per heavy atom. The van der Waals surface area contributed by atoms with Crippen LogP contribution in [0.3, 0.4) is 0 Å². The first-order chi connectivity index (χ1) is 51.1. The van der Waals surface area contributed by atoms with Crippen LogP contribution >= 0.6 is 0 Å². The van der Waals surface area contributed by atoms with E-state index in [0.29, 0.717) is 30.7 Å². The number of likely N-dealkylation sites (N-methyl/N-ethyl adjacent to an activating group) is 2. The Hall–Kier alpha value is -10.4. The monoisotopic (exact) mass is 1530 g/mol. The lowest BCUT2D eigenvalue weighted by Crippen LogP contribution is -2.62. The van der Waals surface area contributed by atoms with Gasteiger partial charge in [0.15, 0.2) is 0 Å². The Morgan fingerprint density at radius 2 is 0.899 bits per heavy atom. The summed E-state index contributed by atoms with van der Waals surface area (Å²) in [5.74, 6) is -12.6. The smallest absolute Gasteiger partial charge is 0.408 e. The van der Waals surface area contributed by atoms with Gasteiger partial charge >= 0.3 is 24.1 Å². The fraction of sp³-hybridized carbons (Fsp3) is 0.573. The Kier molecular flexibility index (Phi) is 27.6. The number of urea groups is 1. The standard InChI is InChI=1S/C39H49F2N7O8.C36H50F2N6O9/c1-20-9-11-28(12-10-20)43-39(55)44-29(17-25-15-26(40)18-27(41)16-25)34(50)45-32-24(5)56-38(54)31-14-21(2)19-48(31)35(51)22(3)42-33(49)23(4)46(6)36(52)30-8-7-13-47(30)37(32)53;1-18-12-27-34(50)52-21(4)28(41-30(46)25(40-35(51)53-36(5,6)7)15-22-13-23(37)16-24(38)14-22)33(49)43-11-9-10-26(43)32(48)42(8)20(3)29(45)39-19(2)31(47)44(27)17-18/h9-12,15-16,18,21-24,29-32H,7-8,13-14,17,19H2,1-6H3,(H,42,49)(H,45,50)(H2,43,44,55);13-14,16,18-21,25-28H,9-12,15,17H2,1-8H3,(H,39,45)(H,40,51)(H,41,46)/t21-,22-,23-,24-,29-,30-,31?,32-;18-,19-,20-,21-,25-,26-,27-,28-/m00/s1. The second-order valence-electron chi connectivity index (χ2n) is 30.2. The molecule has 16 atom stereocenters. The zero-order valence-electron chi connectivity index (χ0n) is 63.6. The van der Waals surface area contributed by atoms with Crippen molar-refractivity contribution in [3.63, 3.8) is 0 Å². The van der Waals surface area contributed by atoms with E-state index in [1.165, 1.54) is 85.0 Å². The largest absolute Gasteiger partial charge is 0.458 e. The van der Waals surface area contributed by atoms with Gasteiger partial charge in [-0.3, -0.25) is 47.9 Å². The Bertz CT molecular complexity index is 3940. The van der Waals surface area contributed by atoms with Crippen molar-refractivity contribution in [3.05, 3.63) is 101 Å². The van der Waals surface area contributed by atoms with Gasteiger partial charge in [0.2, 0.25) is 59.1 Å². The van der Waals surface area contributed by atoms with Gasteiger partial charge in [0.25, 0.3) is 0 Å². The highest BCUT2D eigenvalue weighted by molar-refractivity contribution is 6.00. The number of halogens is 4. The van der Waals surface area contributed by atoms with E-state index in [9.17, 15) is 84.7 Å². The number of cyclic esters (lactones) is 2. The van der Waals surface area contributed by atoms with Crippen molar-refractivity contribution in [2.75, 3.05) is 45.6 Å². The highest BCUT2D eigenvalue weighted by Crippen LogP contribution is 2.31. The molecular formula is C75H99F4N13O17. The molecule has 6 aliphatic heterocycles. The van der Waals surface area contributed by atoms with Crippen LogP contribution in [0.1, 0.15) is 131 Å². The van der Waals surface area contributed by atoms with E-state index in [1.54, 1.807) is 45.0 Å². The number of benzene rings is 3. The average Bonchev–Trinajstić information content (AvgIpc) is 1.72. The number of hydrogen-bond donors (Lipinski definition) is 7. The lowest BCUT2D eigenvalue weighted by atomic mass is 10.0. The molecule has 1 unspecified atom stereocenters. The molecule has 34 heteroatoms. The number of amides is 13. The SMILES string of the molecule is C[C@H]1C[C@H]2C(=O)O[C@@H](C)[C@H](NC(=O)[C@H](Cc3cc(F)cc(F)c3)NC(=O)OC(C)(C)C)C(=O)N3CCC[C@H]3C(=O)N(C)[C@@H](C)C(=O)N[C@@H](C)C(=O)N2C1.Cc1ccc(NC(=O)N[C@@H](Cc2cc(F)cc(F)c2)C(=O)N[C@@H]2C(=O)N3CCC[C@H]3C(=O)N(C)[C@@H](C)C(=O)N[C@@H](C)C(=O)N3C[C@@H](C)CC3C(=O)O[C@H]2C)cc1. The third-order valence-electron chi connectivity index (χ3n) is 20.2. The molecule has 6 fully saturated rings. The quantitative estimate of drug-likeness (QED) is 0.0821. The van der Waals surface area contributed by atoms with Crippen LogP contribution < -0.4 is 37.2 Å². The predicted molar refractivity (Wildman–Crippen MR) is 383 cm³/mol. The van der Waals surface area contributed by atoms with Crippen LogP contribution in [0.4, 0.5) is 32.8 Å². The molecule has 0 radical (unpaired) electrons. The van der Waals surface area contributed by atoms with E-state index in [0.717, 1.165) is 29.8 Å². The lowest BCUT2D eigenvalue weighted by Gasteiger charge is -2.36. The number of ether oxygens (including phenoxy) is 3. The first-order valence-corrected chi connectivity index (χ1v) is 36.5. The van der Waals surface area contributed by atoms with Crippen LogP contribution in [0.25, 0.3) is 0 Å². The summed E-state index contributed by atoms with van der Waals surface area (Å²) in [4.78, 5) is 200. The van der Waals surface area contributed by atoms with Gasteiger partial charge in [-0.05, 0) is 167 Å². The molecule has 3 aromatic rings. The third-order valence-corrected chi connectivity index (χ3v) is 20.2. The Morgan fingerprint density at radius 1 is 0.523 bits per heavy atom. The summed E-state index contributed by atoms with van der Waals surface area (Å²) in [5, 5.41) is 18.0. The molecule has 0 aliphatic carbocycles. The molecule has 13 amide bonds. The van der Waals surface area contributed by atoms with E-state index in [1.807, 2.05) is 20.8 Å². The van der Waals surface area contributed by atoms with Crippen LogP contribution in [-0.4, -0.2) is 243 Å². The summed E-state index contributed by atoms with van der Waals surface area (Å²) in [5.41, 5.74) is 0.360. The molecule has 109 heavy (non-hydrogen) atoms. The van der Waals surface area contributed by atoms with E-state index in [4.69, 9.17) is 14.2 Å². The minimum Gasteiger partial charge on any atom is -0.458 e. The van der Waals surface area contributed by atoms with Crippen LogP contribution in [0.5, 0.6) is 0 Å². The number of alkyl carbamates (subject to hydrolysis) is 1. The summed E-state index contributed by atoms with van der Waals surface area (Å²) in [6.45, 7) is 19.6. The molecule has 6 heterocycles. The molecule has 7 N–H and O–H groups in total. The summed E-state index contributed by atoms with van der Waals surface area (Å²) >= 11 is 0. The van der Waals surface area contributed by atoms with Crippen LogP contribution in [-0.2, 0) is 84.6 Å². The third kappa shape index (κ3) is 21.3. The maximum atomic E-state index is 14.5. The number of nitrogens with zero attached hydrogens (tertiary/aromatic N) is 6. The van der Waals surface area contributed by atoms with Crippen molar-refractivity contribution in [2.45, 2.75) is 225 Å². The first kappa shape index (κ1) is 84.2. The molecule has 0 saturated carbocycles. The highest BCUT2D eigenvalue weighted by atomic mass is 19.1. The molecule has 30 nitrogen and oxygen atoms in total. The number of hydrogen-bond acceptors (Lipinski definition) is 17. The Balaban J connectivity index is 0.000000275. The van der Waals surface area contributed by atoms with E-state index in [-0.39, 0.29) is 74.8 Å². The summed E-state index contributed by atoms with van der Waals surface area (Å²) in [7, 11) is 2.82. The van der Waals surface area contributed by atoms with Gasteiger partial charge in [0.05, 0.1) is 0 Å². The molecule has 594 valence electrons. The van der Waals surface area contributed by atoms with Crippen molar-refractivity contribution >= 4 is 88.8 Å². The number of anilines is 1. The van der Waals surface area contributed by atoms with E-state index >= 15 is 0 Å². The van der Waals surface area contributed by atoms with E-state index in [2.05, 4.69) is 37.2 Å². The molecular weight excluding hydrogens is 1430 g/mol. The van der Waals surface area contributed by atoms with Gasteiger partial charge < -0.3 is 80.8 Å². The number of rotatable bonds is 11. The predicted octanol–water partition coefficient (Wildman–Crippen LogP) is 3.43. The van der Waals surface area contributed by atoms with Crippen molar-refractivity contribution in [1.29, 1.82) is 0 Å². The fourth-order valence-electron chi connectivity index (χ4n) is 14.1. The zero-order valence-corrected chi connectivity index (χ0v) is 63.6. The number of fused-ring (bicyclic) bond motifs is 4. The number of carbonyl (C=O) groups excluding carboxylic acids is 14. The molecule has 0 aromatic heterocycles. The second kappa shape index (κ2) is 35.7. The maximum absolute atomic E-state index is 14.5. The van der Waals surface area contributed by atoms with Crippen molar-refractivity contribution < 1.29 is 98.9 Å². The van der Waals surface area contributed by atoms with Crippen molar-refractivity contribution in [2.24, 2.45) is 11.8 Å². The van der Waals surface area contributed by atoms with Gasteiger partial charge in [-0.2, -0.15) is 0 Å². The molecule has 0 spiro atoms. The normalized spacial score (nSPS) is 27.5. The number of aryl methyl sites for hydroxylation is 1. The van der Waals surface area contributed by atoms with Crippen LogP contribution in [0.15, 0.2) is 60.7 Å². The number of nitrogens with one attached hydrogen (secondary N) is 7. The summed E-state index contributed by atoms with van der Waals surface area (Å²) < 4.78 is 73.8. The van der Waals surface area contributed by atoms with Crippen molar-refractivity contribution in [3.8, 4) is 0 Å². The minimum absolute atomic E-state index is 0.00300. The first-order valence-electron chi connectivity index (χ1n) is 36.5. The topological polar surface area (TPSA) is 370 Å². The van der Waals surface area contributed by atoms with Gasteiger partial charge in [0.1, 0.15) is 114 Å². The second-order valence-corrected chi connectivity index (χ2v) is 30.2.